The molecule has 2 N–H and O–H groups in total. The fraction of sp³-hybridized carbons (Fsp3) is 0.417. The van der Waals surface area contributed by atoms with Crippen LogP contribution in [0, 0.1) is 0 Å². The monoisotopic (exact) mass is 257 g/mol. The number of rotatable bonds is 6. The number of carbonyl (C=O) groups excluding carboxylic acids is 1. The van der Waals surface area contributed by atoms with E-state index in [9.17, 15) is 4.79 Å². The molecule has 1 unspecified atom stereocenters. The average Bonchev–Trinajstić information content (AvgIpc) is 2.32. The van der Waals surface area contributed by atoms with Gasteiger partial charge in [-0.05, 0) is 25.5 Å². The van der Waals surface area contributed by atoms with Gasteiger partial charge in [-0.3, -0.25) is 4.79 Å². The summed E-state index contributed by atoms with van der Waals surface area (Å²) in [5.74, 6) is 0.261. The van der Waals surface area contributed by atoms with Crippen LogP contribution in [0.5, 0.6) is 5.75 Å². The van der Waals surface area contributed by atoms with Gasteiger partial charge in [0.15, 0.2) is 6.10 Å². The van der Waals surface area contributed by atoms with Crippen LogP contribution in [-0.4, -0.2) is 30.3 Å². The molecule has 0 aromatic heterocycles. The van der Waals surface area contributed by atoms with Gasteiger partial charge in [-0.2, -0.15) is 0 Å². The van der Waals surface area contributed by atoms with Gasteiger partial charge in [0, 0.05) is 13.2 Å². The summed E-state index contributed by atoms with van der Waals surface area (Å²) in [5, 5.41) is 11.7. The maximum Gasteiger partial charge on any atom is 0.260 e. The molecule has 0 fully saturated rings. The SMILES string of the molecule is CC(Oc1ccccc1Cl)C(=O)NCCCO. The molecule has 5 heteroatoms. The van der Waals surface area contributed by atoms with Crippen molar-refractivity contribution in [2.45, 2.75) is 19.4 Å². The maximum atomic E-state index is 11.6. The number of para-hydroxylation sites is 1. The van der Waals surface area contributed by atoms with E-state index >= 15 is 0 Å². The Balaban J connectivity index is 2.46. The minimum atomic E-state index is -0.617. The Hall–Kier alpha value is -1.26. The molecule has 0 aliphatic heterocycles. The van der Waals surface area contributed by atoms with Crippen LogP contribution in [0.3, 0.4) is 0 Å². The van der Waals surface area contributed by atoms with E-state index in [2.05, 4.69) is 5.32 Å². The Kier molecular flexibility index (Phi) is 5.80. The summed E-state index contributed by atoms with van der Waals surface area (Å²) in [6.45, 7) is 2.14. The second-order valence-corrected chi connectivity index (χ2v) is 3.97. The van der Waals surface area contributed by atoms with Crippen LogP contribution in [0.25, 0.3) is 0 Å². The van der Waals surface area contributed by atoms with Gasteiger partial charge in [0.2, 0.25) is 0 Å². The summed E-state index contributed by atoms with van der Waals surface area (Å²) >= 11 is 5.91. The van der Waals surface area contributed by atoms with E-state index in [4.69, 9.17) is 21.4 Å². The number of aliphatic hydroxyl groups is 1. The molecular formula is C12H16ClNO3. The number of hydrogen-bond donors (Lipinski definition) is 2. The fourth-order valence-corrected chi connectivity index (χ4v) is 1.40. The zero-order chi connectivity index (χ0) is 12.7. The van der Waals surface area contributed by atoms with Crippen LogP contribution in [0.2, 0.25) is 5.02 Å². The molecule has 0 bridgehead atoms. The molecule has 1 amide bonds. The van der Waals surface area contributed by atoms with Gasteiger partial charge >= 0.3 is 0 Å². The van der Waals surface area contributed by atoms with Gasteiger partial charge in [0.05, 0.1) is 5.02 Å². The number of halogens is 1. The molecule has 0 heterocycles. The van der Waals surface area contributed by atoms with Crippen molar-refractivity contribution in [2.75, 3.05) is 13.2 Å². The quantitative estimate of drug-likeness (QED) is 0.761. The smallest absolute Gasteiger partial charge is 0.260 e. The largest absolute Gasteiger partial charge is 0.479 e. The minimum absolute atomic E-state index is 0.0556. The van der Waals surface area contributed by atoms with Crippen molar-refractivity contribution in [1.29, 1.82) is 0 Å². The average molecular weight is 258 g/mol. The van der Waals surface area contributed by atoms with E-state index in [1.54, 1.807) is 31.2 Å². The molecule has 0 saturated carbocycles. The Labute approximate surface area is 106 Å². The van der Waals surface area contributed by atoms with E-state index < -0.39 is 6.10 Å². The summed E-state index contributed by atoms with van der Waals surface area (Å²) in [5.41, 5.74) is 0. The molecule has 0 aliphatic carbocycles. The van der Waals surface area contributed by atoms with E-state index in [1.807, 2.05) is 0 Å². The first-order valence-electron chi connectivity index (χ1n) is 5.45. The lowest BCUT2D eigenvalue weighted by molar-refractivity contribution is -0.127. The summed E-state index contributed by atoms with van der Waals surface area (Å²) in [4.78, 5) is 11.6. The van der Waals surface area contributed by atoms with Crippen molar-refractivity contribution >= 4 is 17.5 Å². The second-order valence-electron chi connectivity index (χ2n) is 3.56. The van der Waals surface area contributed by atoms with E-state index in [0.29, 0.717) is 23.7 Å². The lowest BCUT2D eigenvalue weighted by Crippen LogP contribution is -2.37. The number of amides is 1. The molecule has 4 nitrogen and oxygen atoms in total. The standard InChI is InChI=1S/C12H16ClNO3/c1-9(12(16)14-7-4-8-15)17-11-6-3-2-5-10(11)13/h2-3,5-6,9,15H,4,7-8H2,1H3,(H,14,16). The molecule has 0 saturated heterocycles. The highest BCUT2D eigenvalue weighted by Crippen LogP contribution is 2.24. The number of ether oxygens (including phenoxy) is 1. The third-order valence-corrected chi connectivity index (χ3v) is 2.46. The van der Waals surface area contributed by atoms with Gasteiger partial charge < -0.3 is 15.2 Å². The van der Waals surface area contributed by atoms with Gasteiger partial charge in [0.1, 0.15) is 5.75 Å². The van der Waals surface area contributed by atoms with Gasteiger partial charge in [-0.15, -0.1) is 0 Å². The Morgan fingerprint density at radius 2 is 2.24 bits per heavy atom. The van der Waals surface area contributed by atoms with E-state index in [-0.39, 0.29) is 12.5 Å². The molecule has 1 aromatic rings. The fourth-order valence-electron chi connectivity index (χ4n) is 1.22. The summed E-state index contributed by atoms with van der Waals surface area (Å²) in [6.07, 6.45) is -0.0847. The summed E-state index contributed by atoms with van der Waals surface area (Å²) in [7, 11) is 0. The molecule has 1 atom stereocenters. The van der Waals surface area contributed by atoms with E-state index in [0.717, 1.165) is 0 Å². The second kappa shape index (κ2) is 7.14. The molecule has 0 aliphatic rings. The molecule has 17 heavy (non-hydrogen) atoms. The zero-order valence-electron chi connectivity index (χ0n) is 9.65. The minimum Gasteiger partial charge on any atom is -0.479 e. The Bertz CT molecular complexity index is 371. The van der Waals surface area contributed by atoms with Crippen LogP contribution in [0.15, 0.2) is 24.3 Å². The van der Waals surface area contributed by atoms with Crippen molar-refractivity contribution in [3.8, 4) is 5.75 Å². The number of hydrogen-bond acceptors (Lipinski definition) is 3. The lowest BCUT2D eigenvalue weighted by Gasteiger charge is -2.15. The Morgan fingerprint density at radius 1 is 1.53 bits per heavy atom. The van der Waals surface area contributed by atoms with Gasteiger partial charge in [-0.25, -0.2) is 0 Å². The highest BCUT2D eigenvalue weighted by atomic mass is 35.5. The van der Waals surface area contributed by atoms with Crippen molar-refractivity contribution in [3.05, 3.63) is 29.3 Å². The summed E-state index contributed by atoms with van der Waals surface area (Å²) in [6, 6.07) is 6.99. The lowest BCUT2D eigenvalue weighted by atomic mass is 10.3. The molecule has 1 rings (SSSR count). The van der Waals surface area contributed by atoms with Crippen molar-refractivity contribution in [3.63, 3.8) is 0 Å². The molecule has 0 radical (unpaired) electrons. The third-order valence-electron chi connectivity index (χ3n) is 2.14. The van der Waals surface area contributed by atoms with Crippen molar-refractivity contribution < 1.29 is 14.6 Å². The predicted octanol–water partition coefficient (Wildman–Crippen LogP) is 1.61. The normalized spacial score (nSPS) is 11.9. The Morgan fingerprint density at radius 3 is 2.88 bits per heavy atom. The van der Waals surface area contributed by atoms with Crippen molar-refractivity contribution in [2.24, 2.45) is 0 Å². The van der Waals surface area contributed by atoms with Crippen LogP contribution in [0.4, 0.5) is 0 Å². The first-order valence-corrected chi connectivity index (χ1v) is 5.82. The van der Waals surface area contributed by atoms with E-state index in [1.165, 1.54) is 0 Å². The molecular weight excluding hydrogens is 242 g/mol. The highest BCUT2D eigenvalue weighted by Gasteiger charge is 2.14. The number of nitrogens with one attached hydrogen (secondary N) is 1. The molecule has 0 spiro atoms. The van der Waals surface area contributed by atoms with Crippen LogP contribution in [-0.2, 0) is 4.79 Å². The van der Waals surface area contributed by atoms with Crippen molar-refractivity contribution in [1.82, 2.24) is 5.32 Å². The maximum absolute atomic E-state index is 11.6. The molecule has 94 valence electrons. The summed E-state index contributed by atoms with van der Waals surface area (Å²) < 4.78 is 5.43. The van der Waals surface area contributed by atoms with Gasteiger partial charge in [-0.1, -0.05) is 23.7 Å². The van der Waals surface area contributed by atoms with Crippen LogP contribution in [0.1, 0.15) is 13.3 Å². The topological polar surface area (TPSA) is 58.6 Å². The predicted molar refractivity (Wildman–Crippen MR) is 66.3 cm³/mol. The zero-order valence-corrected chi connectivity index (χ0v) is 10.4. The first-order chi connectivity index (χ1) is 8.15. The number of aliphatic hydroxyl groups excluding tert-OH is 1. The molecule has 1 aromatic carbocycles. The number of benzene rings is 1. The number of carbonyl (C=O) groups is 1. The first kappa shape index (κ1) is 13.8. The highest BCUT2D eigenvalue weighted by molar-refractivity contribution is 6.32. The van der Waals surface area contributed by atoms with Crippen LogP contribution < -0.4 is 10.1 Å². The third kappa shape index (κ3) is 4.63. The van der Waals surface area contributed by atoms with Gasteiger partial charge in [0.25, 0.3) is 5.91 Å². The van der Waals surface area contributed by atoms with Crippen LogP contribution >= 0.6 is 11.6 Å².